The average Bonchev–Trinajstić information content (AvgIpc) is 2.27. The van der Waals surface area contributed by atoms with E-state index < -0.39 is 5.38 Å². The van der Waals surface area contributed by atoms with Gasteiger partial charge in [0.25, 0.3) is 0 Å². The molecule has 0 heterocycles. The van der Waals surface area contributed by atoms with Crippen molar-refractivity contribution in [2.24, 2.45) is 0 Å². The highest BCUT2D eigenvalue weighted by molar-refractivity contribution is 6.31. The Balaban J connectivity index is 3.24. The third kappa shape index (κ3) is 2.48. The van der Waals surface area contributed by atoms with Gasteiger partial charge in [-0.25, -0.2) is 0 Å². The molecule has 3 nitrogen and oxygen atoms in total. The highest BCUT2D eigenvalue weighted by Gasteiger charge is 2.17. The summed E-state index contributed by atoms with van der Waals surface area (Å²) in [7, 11) is 1.52. The molecule has 15 heavy (non-hydrogen) atoms. The third-order valence-electron chi connectivity index (χ3n) is 2.01. The number of rotatable bonds is 3. The van der Waals surface area contributed by atoms with Crippen LogP contribution in [0.3, 0.4) is 0 Å². The fraction of sp³-hybridized carbons (Fsp3) is 0.273. The van der Waals surface area contributed by atoms with Crippen LogP contribution in [0.4, 0.5) is 0 Å². The topological polar surface area (TPSA) is 50.1 Å². The second kappa shape index (κ2) is 4.81. The van der Waals surface area contributed by atoms with Crippen LogP contribution >= 0.6 is 11.6 Å². The van der Waals surface area contributed by atoms with E-state index in [2.05, 4.69) is 0 Å². The first-order valence-electron chi connectivity index (χ1n) is 4.32. The molecular weight excluding hydrogens is 214 g/mol. The van der Waals surface area contributed by atoms with Crippen molar-refractivity contribution in [2.45, 2.75) is 12.3 Å². The highest BCUT2D eigenvalue weighted by atomic mass is 35.5. The minimum absolute atomic E-state index is 0.193. The molecule has 1 aromatic rings. The third-order valence-corrected chi connectivity index (χ3v) is 2.55. The van der Waals surface area contributed by atoms with Crippen molar-refractivity contribution in [2.75, 3.05) is 7.11 Å². The number of nitrogens with zero attached hydrogens (tertiary/aromatic N) is 1. The lowest BCUT2D eigenvalue weighted by Gasteiger charge is -2.09. The number of carbonyl (C=O) groups is 1. The van der Waals surface area contributed by atoms with Crippen LogP contribution in [0.2, 0.25) is 0 Å². The van der Waals surface area contributed by atoms with E-state index >= 15 is 0 Å². The lowest BCUT2D eigenvalue weighted by Crippen LogP contribution is -2.04. The Morgan fingerprint density at radius 3 is 2.73 bits per heavy atom. The number of hydrogen-bond donors (Lipinski definition) is 0. The monoisotopic (exact) mass is 223 g/mol. The van der Waals surface area contributed by atoms with Gasteiger partial charge in [-0.15, -0.1) is 11.6 Å². The van der Waals surface area contributed by atoms with Gasteiger partial charge in [0, 0.05) is 0 Å². The van der Waals surface area contributed by atoms with Crippen LogP contribution in [0.25, 0.3) is 0 Å². The van der Waals surface area contributed by atoms with Crippen molar-refractivity contribution in [3.63, 3.8) is 0 Å². The molecule has 1 atom stereocenters. The van der Waals surface area contributed by atoms with E-state index in [9.17, 15) is 4.79 Å². The Labute approximate surface area is 93.2 Å². The molecule has 0 saturated heterocycles. The maximum absolute atomic E-state index is 11.1. The largest absolute Gasteiger partial charge is 0.497 e. The van der Waals surface area contributed by atoms with Gasteiger partial charge in [-0.05, 0) is 30.7 Å². The van der Waals surface area contributed by atoms with E-state index in [-0.39, 0.29) is 5.78 Å². The van der Waals surface area contributed by atoms with Crippen LogP contribution in [-0.4, -0.2) is 12.9 Å². The summed E-state index contributed by atoms with van der Waals surface area (Å²) >= 11 is 5.90. The average molecular weight is 224 g/mol. The molecule has 1 rings (SSSR count). The molecular formula is C11H10ClNO2. The van der Waals surface area contributed by atoms with Crippen LogP contribution < -0.4 is 4.74 Å². The summed E-state index contributed by atoms with van der Waals surface area (Å²) < 4.78 is 5.00. The Hall–Kier alpha value is -1.53. The zero-order chi connectivity index (χ0) is 11.4. The summed E-state index contributed by atoms with van der Waals surface area (Å²) in [6.45, 7) is 1.39. The van der Waals surface area contributed by atoms with Crippen molar-refractivity contribution in [3.8, 4) is 11.8 Å². The maximum atomic E-state index is 11.1. The first kappa shape index (κ1) is 11.5. The van der Waals surface area contributed by atoms with Crippen LogP contribution in [0.15, 0.2) is 18.2 Å². The standard InChI is InChI=1S/C11H10ClNO2/c1-7(14)11(12)10-5-9(15-2)4-3-8(10)6-13/h3-5,11H,1-2H3. The normalized spacial score (nSPS) is 11.6. The van der Waals surface area contributed by atoms with Gasteiger partial charge in [-0.2, -0.15) is 5.26 Å². The summed E-state index contributed by atoms with van der Waals surface area (Å²) in [5, 5.41) is 8.06. The lowest BCUT2D eigenvalue weighted by atomic mass is 10.0. The van der Waals surface area contributed by atoms with Crippen LogP contribution in [-0.2, 0) is 4.79 Å². The second-order valence-electron chi connectivity index (χ2n) is 3.04. The molecule has 0 amide bonds. The molecule has 0 radical (unpaired) electrons. The number of benzene rings is 1. The Morgan fingerprint density at radius 1 is 1.60 bits per heavy atom. The Morgan fingerprint density at radius 2 is 2.27 bits per heavy atom. The molecule has 0 fully saturated rings. The first-order valence-corrected chi connectivity index (χ1v) is 4.76. The molecule has 0 aliphatic heterocycles. The molecule has 1 unspecified atom stereocenters. The van der Waals surface area contributed by atoms with Gasteiger partial charge < -0.3 is 4.74 Å². The minimum atomic E-state index is -0.797. The molecule has 0 aliphatic rings. The second-order valence-corrected chi connectivity index (χ2v) is 3.47. The molecule has 0 N–H and O–H groups in total. The van der Waals surface area contributed by atoms with E-state index in [0.717, 1.165) is 0 Å². The fourth-order valence-electron chi connectivity index (χ4n) is 1.20. The van der Waals surface area contributed by atoms with Gasteiger partial charge in [0.2, 0.25) is 0 Å². The van der Waals surface area contributed by atoms with Gasteiger partial charge >= 0.3 is 0 Å². The van der Waals surface area contributed by atoms with Gasteiger partial charge in [-0.3, -0.25) is 4.79 Å². The molecule has 4 heteroatoms. The number of hydrogen-bond acceptors (Lipinski definition) is 3. The number of carbonyl (C=O) groups excluding carboxylic acids is 1. The quantitative estimate of drug-likeness (QED) is 0.740. The number of ether oxygens (including phenoxy) is 1. The van der Waals surface area contributed by atoms with Crippen molar-refractivity contribution >= 4 is 17.4 Å². The number of ketones is 1. The van der Waals surface area contributed by atoms with Crippen LogP contribution in [0, 0.1) is 11.3 Å². The molecule has 0 saturated carbocycles. The number of nitriles is 1. The predicted octanol–water partition coefficient (Wildman–Crippen LogP) is 2.44. The number of alkyl halides is 1. The smallest absolute Gasteiger partial charge is 0.152 e. The molecule has 0 aromatic heterocycles. The molecule has 0 aliphatic carbocycles. The number of methoxy groups -OCH3 is 1. The van der Waals surface area contributed by atoms with E-state index in [1.807, 2.05) is 6.07 Å². The zero-order valence-electron chi connectivity index (χ0n) is 8.45. The van der Waals surface area contributed by atoms with Gasteiger partial charge in [0.1, 0.15) is 11.1 Å². The highest BCUT2D eigenvalue weighted by Crippen LogP contribution is 2.28. The Bertz CT molecular complexity index is 423. The van der Waals surface area contributed by atoms with Crippen LogP contribution in [0.1, 0.15) is 23.4 Å². The van der Waals surface area contributed by atoms with Gasteiger partial charge in [0.05, 0.1) is 18.7 Å². The number of halogens is 1. The van der Waals surface area contributed by atoms with E-state index in [0.29, 0.717) is 16.9 Å². The lowest BCUT2D eigenvalue weighted by molar-refractivity contribution is -0.116. The van der Waals surface area contributed by atoms with E-state index in [1.165, 1.54) is 14.0 Å². The van der Waals surface area contributed by atoms with Crippen molar-refractivity contribution < 1.29 is 9.53 Å². The maximum Gasteiger partial charge on any atom is 0.152 e. The predicted molar refractivity (Wildman–Crippen MR) is 57.0 cm³/mol. The molecule has 0 spiro atoms. The van der Waals surface area contributed by atoms with Crippen molar-refractivity contribution in [1.82, 2.24) is 0 Å². The fourth-order valence-corrected chi connectivity index (χ4v) is 1.38. The number of Topliss-reactive ketones (excluding diaryl/α,β-unsaturated/α-hetero) is 1. The summed E-state index contributed by atoms with van der Waals surface area (Å²) in [4.78, 5) is 11.1. The molecule has 1 aromatic carbocycles. The van der Waals surface area contributed by atoms with Gasteiger partial charge in [-0.1, -0.05) is 0 Å². The summed E-state index contributed by atoms with van der Waals surface area (Å²) in [6, 6.07) is 6.85. The zero-order valence-corrected chi connectivity index (χ0v) is 9.21. The van der Waals surface area contributed by atoms with E-state index in [1.54, 1.807) is 18.2 Å². The minimum Gasteiger partial charge on any atom is -0.497 e. The Kier molecular flexibility index (Phi) is 3.70. The van der Waals surface area contributed by atoms with Crippen molar-refractivity contribution in [3.05, 3.63) is 29.3 Å². The SMILES string of the molecule is COc1ccc(C#N)c(C(Cl)C(C)=O)c1. The first-order chi connectivity index (χ1) is 7.10. The summed E-state index contributed by atoms with van der Waals surface area (Å²) in [5.74, 6) is 0.386. The molecule has 0 bridgehead atoms. The molecule has 78 valence electrons. The van der Waals surface area contributed by atoms with Crippen LogP contribution in [0.5, 0.6) is 5.75 Å². The summed E-state index contributed by atoms with van der Waals surface area (Å²) in [6.07, 6.45) is 0. The van der Waals surface area contributed by atoms with Crippen molar-refractivity contribution in [1.29, 1.82) is 5.26 Å². The van der Waals surface area contributed by atoms with E-state index in [4.69, 9.17) is 21.6 Å². The van der Waals surface area contributed by atoms with Gasteiger partial charge in [0.15, 0.2) is 5.78 Å². The summed E-state index contributed by atoms with van der Waals surface area (Å²) in [5.41, 5.74) is 0.886.